The maximum Gasteiger partial charge on any atom is 0.305 e. The Hall–Kier alpha value is -4.89. The van der Waals surface area contributed by atoms with Crippen molar-refractivity contribution in [3.05, 3.63) is 59.7 Å². The number of nitrogens with one attached hydrogen (secondary N) is 2. The van der Waals surface area contributed by atoms with Crippen LogP contribution in [0.3, 0.4) is 0 Å². The second-order valence-corrected chi connectivity index (χ2v) is 12.9. The summed E-state index contributed by atoms with van der Waals surface area (Å²) in [6.07, 6.45) is -0.500. The molecule has 1 aliphatic heterocycles. The van der Waals surface area contributed by atoms with Crippen molar-refractivity contribution in [2.75, 3.05) is 6.54 Å². The van der Waals surface area contributed by atoms with Gasteiger partial charge in [-0.05, 0) is 79.8 Å². The van der Waals surface area contributed by atoms with Crippen LogP contribution < -0.4 is 22.1 Å². The monoisotopic (exact) mass is 682 g/mol. The van der Waals surface area contributed by atoms with Crippen LogP contribution in [0.25, 0.3) is 0 Å². The first-order valence-electron chi connectivity index (χ1n) is 16.4. The second-order valence-electron chi connectivity index (χ2n) is 12.9. The van der Waals surface area contributed by atoms with Crippen molar-refractivity contribution < 1.29 is 44.7 Å². The predicted molar refractivity (Wildman–Crippen MR) is 178 cm³/mol. The van der Waals surface area contributed by atoms with Crippen molar-refractivity contribution in [2.24, 2.45) is 22.4 Å². The van der Waals surface area contributed by atoms with E-state index in [0.29, 0.717) is 30.4 Å². The van der Waals surface area contributed by atoms with E-state index in [2.05, 4.69) is 15.6 Å². The number of hydrogen-bond donors (Lipinski definition) is 9. The Kier molecular flexibility index (Phi) is 12.8. The normalized spacial score (nSPS) is 21.9. The Morgan fingerprint density at radius 1 is 0.898 bits per heavy atom. The van der Waals surface area contributed by atoms with E-state index in [-0.39, 0.29) is 68.4 Å². The van der Waals surface area contributed by atoms with Crippen molar-refractivity contribution in [3.8, 4) is 11.5 Å². The topological polar surface area (TPSA) is 261 Å². The van der Waals surface area contributed by atoms with Gasteiger partial charge in [-0.1, -0.05) is 24.3 Å². The predicted octanol–water partition coefficient (Wildman–Crippen LogP) is -0.128. The van der Waals surface area contributed by atoms with Gasteiger partial charge in [0, 0.05) is 31.5 Å². The number of phenols is 2. The van der Waals surface area contributed by atoms with E-state index >= 15 is 0 Å². The average molecular weight is 683 g/mol. The largest absolute Gasteiger partial charge is 0.508 e. The number of aliphatic imine (C=N–C) groups is 1. The molecule has 2 aromatic carbocycles. The van der Waals surface area contributed by atoms with Gasteiger partial charge < -0.3 is 52.5 Å². The Bertz CT molecular complexity index is 1480. The van der Waals surface area contributed by atoms with Crippen LogP contribution in [0.4, 0.5) is 0 Å². The molecule has 4 rings (SSSR count). The van der Waals surface area contributed by atoms with Gasteiger partial charge in [0.05, 0.1) is 12.5 Å². The van der Waals surface area contributed by atoms with Gasteiger partial charge in [-0.2, -0.15) is 0 Å². The van der Waals surface area contributed by atoms with Crippen LogP contribution in [0.1, 0.15) is 56.1 Å². The smallest absolute Gasteiger partial charge is 0.305 e. The lowest BCUT2D eigenvalue weighted by atomic mass is 9.83. The first-order chi connectivity index (χ1) is 23.3. The molecule has 1 aliphatic carbocycles. The lowest BCUT2D eigenvalue weighted by Gasteiger charge is -2.38. The molecular formula is C34H46N6O9. The number of aromatic hydroxyl groups is 2. The number of aliphatic hydroxyl groups excluding tert-OH is 2. The van der Waals surface area contributed by atoms with Gasteiger partial charge in [0.1, 0.15) is 29.7 Å². The van der Waals surface area contributed by atoms with Crippen molar-refractivity contribution >= 4 is 29.7 Å². The number of hydrogen-bond acceptors (Lipinski definition) is 9. The molecule has 7 atom stereocenters. The zero-order valence-corrected chi connectivity index (χ0v) is 27.1. The molecule has 49 heavy (non-hydrogen) atoms. The van der Waals surface area contributed by atoms with Crippen LogP contribution in [0.15, 0.2) is 53.5 Å². The Morgan fingerprint density at radius 3 is 2.10 bits per heavy atom. The zero-order chi connectivity index (χ0) is 35.7. The van der Waals surface area contributed by atoms with Crippen LogP contribution in [0.2, 0.25) is 0 Å². The maximum absolute atomic E-state index is 14.5. The van der Waals surface area contributed by atoms with Gasteiger partial charge in [-0.25, -0.2) is 0 Å². The summed E-state index contributed by atoms with van der Waals surface area (Å²) in [4.78, 5) is 58.7. The number of benzene rings is 2. The first kappa shape index (κ1) is 36.9. The molecule has 0 radical (unpaired) electrons. The molecule has 2 aromatic rings. The van der Waals surface area contributed by atoms with Crippen molar-refractivity contribution in [3.63, 3.8) is 0 Å². The zero-order valence-electron chi connectivity index (χ0n) is 27.1. The number of carbonyl (C=O) groups is 4. The van der Waals surface area contributed by atoms with Gasteiger partial charge in [0.2, 0.25) is 17.7 Å². The number of nitrogens with two attached hydrogens (primary N) is 2. The van der Waals surface area contributed by atoms with E-state index < -0.39 is 60.1 Å². The van der Waals surface area contributed by atoms with E-state index in [1.54, 1.807) is 24.3 Å². The number of carboxylic acid groups (broad SMARTS) is 1. The summed E-state index contributed by atoms with van der Waals surface area (Å²) in [6.45, 7) is 0.238. The molecule has 266 valence electrons. The molecule has 15 heteroatoms. The number of fused-ring (bicyclic) bond motifs is 1. The summed E-state index contributed by atoms with van der Waals surface area (Å²) in [5.74, 6) is -3.28. The number of amides is 3. The molecule has 0 unspecified atom stereocenters. The molecule has 15 nitrogen and oxygen atoms in total. The fourth-order valence-corrected chi connectivity index (χ4v) is 6.73. The average Bonchev–Trinajstić information content (AvgIpc) is 3.42. The summed E-state index contributed by atoms with van der Waals surface area (Å²) in [5.41, 5.74) is 11.9. The number of likely N-dealkylation sites (tertiary alicyclic amines) is 1. The van der Waals surface area contributed by atoms with Crippen LogP contribution in [0.5, 0.6) is 11.5 Å². The van der Waals surface area contributed by atoms with Crippen LogP contribution in [0, 0.1) is 5.92 Å². The number of carbonyl (C=O) groups excluding carboxylic acids is 3. The third-order valence-electron chi connectivity index (χ3n) is 9.14. The number of aliphatic carboxylic acids is 1. The molecule has 11 N–H and O–H groups in total. The van der Waals surface area contributed by atoms with Gasteiger partial charge >= 0.3 is 5.97 Å². The van der Waals surface area contributed by atoms with E-state index in [1.807, 2.05) is 0 Å². The Morgan fingerprint density at radius 2 is 1.51 bits per heavy atom. The molecule has 1 saturated carbocycles. The molecule has 1 saturated heterocycles. The van der Waals surface area contributed by atoms with Crippen LogP contribution in [-0.2, 0) is 32.0 Å². The minimum atomic E-state index is -1.54. The molecule has 3 amide bonds. The number of carboxylic acids is 1. The molecule has 2 aliphatic rings. The summed E-state index contributed by atoms with van der Waals surface area (Å²) < 4.78 is 0. The SMILES string of the molecule is NC(N)=NCCC[C@@H](CC(=O)O)NC(=O)[C@@H]1C[C@@H]2CC[C@@H](O)C[C@@H]2N1C(=O)[C@@H](Cc1ccc(O)cc1)NC(=O)[C@H](O)Cc1ccc(O)cc1. The number of nitrogens with zero attached hydrogens (tertiary/aromatic N) is 2. The summed E-state index contributed by atoms with van der Waals surface area (Å²) in [5, 5.41) is 55.7. The van der Waals surface area contributed by atoms with Gasteiger partial charge in [0.25, 0.3) is 0 Å². The van der Waals surface area contributed by atoms with Crippen LogP contribution in [-0.4, -0.2) is 103 Å². The maximum atomic E-state index is 14.5. The standard InChI is InChI=1S/C34H46N6O9/c35-34(36)37-13-1-2-22(17-30(45)46)38-31(47)28-16-21-7-12-25(43)18-27(21)40(28)33(49)26(14-19-3-8-23(41)9-4-19)39-32(48)29(44)15-20-5-10-24(42)11-6-20/h3-6,8-11,21-22,25-29,41-44H,1-2,7,12-18H2,(H,38,47)(H,39,48)(H,45,46)(H4,35,36,37)/t21-,22-,25+,26+,27-,28-,29+/m0/s1. The Labute approximate surface area is 284 Å². The quantitative estimate of drug-likeness (QED) is 0.0679. The van der Waals surface area contributed by atoms with Crippen molar-refractivity contribution in [2.45, 2.75) is 94.2 Å². The highest BCUT2D eigenvalue weighted by molar-refractivity contribution is 5.94. The fraction of sp³-hybridized carbons (Fsp3) is 0.500. The third-order valence-corrected chi connectivity index (χ3v) is 9.14. The van der Waals surface area contributed by atoms with E-state index in [0.717, 1.165) is 0 Å². The lowest BCUT2D eigenvalue weighted by Crippen LogP contribution is -2.59. The summed E-state index contributed by atoms with van der Waals surface area (Å²) in [7, 11) is 0. The number of phenolic OH excluding ortho intramolecular Hbond substituents is 2. The summed E-state index contributed by atoms with van der Waals surface area (Å²) >= 11 is 0. The minimum absolute atomic E-state index is 0.00417. The number of aliphatic hydroxyl groups is 2. The fourth-order valence-electron chi connectivity index (χ4n) is 6.73. The van der Waals surface area contributed by atoms with Gasteiger partial charge in [0.15, 0.2) is 5.96 Å². The molecular weight excluding hydrogens is 636 g/mol. The summed E-state index contributed by atoms with van der Waals surface area (Å²) in [6, 6.07) is 8.49. The van der Waals surface area contributed by atoms with E-state index in [1.165, 1.54) is 29.2 Å². The van der Waals surface area contributed by atoms with E-state index in [4.69, 9.17) is 11.5 Å². The highest BCUT2D eigenvalue weighted by Gasteiger charge is 2.50. The highest BCUT2D eigenvalue weighted by Crippen LogP contribution is 2.40. The molecule has 1 heterocycles. The van der Waals surface area contributed by atoms with Gasteiger partial charge in [-0.15, -0.1) is 0 Å². The molecule has 0 spiro atoms. The first-order valence-corrected chi connectivity index (χ1v) is 16.4. The third kappa shape index (κ3) is 10.5. The Balaban J connectivity index is 1.59. The minimum Gasteiger partial charge on any atom is -0.508 e. The lowest BCUT2D eigenvalue weighted by molar-refractivity contribution is -0.146. The van der Waals surface area contributed by atoms with Gasteiger partial charge in [-0.3, -0.25) is 24.2 Å². The number of guanidine groups is 1. The number of rotatable bonds is 15. The van der Waals surface area contributed by atoms with Crippen molar-refractivity contribution in [1.82, 2.24) is 15.5 Å². The van der Waals surface area contributed by atoms with Crippen LogP contribution >= 0.6 is 0 Å². The second kappa shape index (κ2) is 17.0. The molecule has 0 aromatic heterocycles. The molecule has 0 bridgehead atoms. The van der Waals surface area contributed by atoms with Crippen molar-refractivity contribution in [1.29, 1.82) is 0 Å². The highest BCUT2D eigenvalue weighted by atomic mass is 16.4. The van der Waals surface area contributed by atoms with E-state index in [9.17, 15) is 44.7 Å². The molecule has 2 fully saturated rings.